The number of carbonyl (C=O) groups excluding carboxylic acids is 1. The minimum Gasteiger partial charge on any atom is -0.480 e. The van der Waals surface area contributed by atoms with E-state index in [4.69, 9.17) is 5.11 Å². The van der Waals surface area contributed by atoms with Gasteiger partial charge in [-0.3, -0.25) is 9.59 Å². The number of nitrogens with zero attached hydrogens (tertiary/aromatic N) is 4. The molecule has 2 N–H and O–H groups in total. The zero-order valence-electron chi connectivity index (χ0n) is 11.4. The van der Waals surface area contributed by atoms with Gasteiger partial charge in [0.2, 0.25) is 0 Å². The number of amides is 1. The number of aliphatic carboxylic acids is 1. The Morgan fingerprint density at radius 3 is 3.00 bits per heavy atom. The van der Waals surface area contributed by atoms with Crippen molar-refractivity contribution in [2.45, 2.75) is 31.8 Å². The van der Waals surface area contributed by atoms with E-state index in [-0.39, 0.29) is 18.1 Å². The van der Waals surface area contributed by atoms with Gasteiger partial charge in [-0.2, -0.15) is 0 Å². The fraction of sp³-hybridized carbons (Fsp3) is 0.667. The van der Waals surface area contributed by atoms with Crippen LogP contribution in [0.5, 0.6) is 0 Å². The topological polar surface area (TPSA) is 100 Å². The fourth-order valence-electron chi connectivity index (χ4n) is 2.32. The lowest BCUT2D eigenvalue weighted by molar-refractivity contribution is -0.137. The van der Waals surface area contributed by atoms with E-state index in [0.29, 0.717) is 12.6 Å². The molecule has 1 aromatic heterocycles. The van der Waals surface area contributed by atoms with Crippen LogP contribution in [-0.4, -0.2) is 63.1 Å². The fourth-order valence-corrected chi connectivity index (χ4v) is 2.32. The molecule has 0 aromatic carbocycles. The standard InChI is InChI=1S/C12H19N5O3/c1-16-5-3-2-4-9(16)6-13-12(20)10-7-17(15-14-10)8-11(18)19/h7,9H,2-6,8H2,1H3,(H,13,20)(H,18,19). The average Bonchev–Trinajstić information content (AvgIpc) is 2.85. The molecule has 2 heterocycles. The van der Waals surface area contributed by atoms with Crippen molar-refractivity contribution < 1.29 is 14.7 Å². The summed E-state index contributed by atoms with van der Waals surface area (Å²) in [7, 11) is 2.05. The first kappa shape index (κ1) is 14.4. The van der Waals surface area contributed by atoms with Crippen LogP contribution in [0.1, 0.15) is 29.8 Å². The number of piperidine rings is 1. The molecule has 1 saturated heterocycles. The van der Waals surface area contributed by atoms with Gasteiger partial charge in [0.1, 0.15) is 6.54 Å². The number of nitrogens with one attached hydrogen (secondary N) is 1. The normalized spacial score (nSPS) is 19.8. The Kier molecular flexibility index (Phi) is 4.67. The van der Waals surface area contributed by atoms with Crippen LogP contribution in [0.4, 0.5) is 0 Å². The quantitative estimate of drug-likeness (QED) is 0.760. The van der Waals surface area contributed by atoms with Gasteiger partial charge in [0.05, 0.1) is 6.20 Å². The summed E-state index contributed by atoms with van der Waals surface area (Å²) in [5, 5.41) is 18.7. The second-order valence-corrected chi connectivity index (χ2v) is 5.04. The molecule has 1 atom stereocenters. The van der Waals surface area contributed by atoms with Crippen LogP contribution in [-0.2, 0) is 11.3 Å². The van der Waals surface area contributed by atoms with Gasteiger partial charge < -0.3 is 15.3 Å². The van der Waals surface area contributed by atoms with Gasteiger partial charge in [-0.15, -0.1) is 5.10 Å². The van der Waals surface area contributed by atoms with Crippen LogP contribution in [0.15, 0.2) is 6.20 Å². The number of likely N-dealkylation sites (tertiary alicyclic amines) is 1. The number of carboxylic acids is 1. The third-order valence-electron chi connectivity index (χ3n) is 3.49. The summed E-state index contributed by atoms with van der Waals surface area (Å²) >= 11 is 0. The molecule has 20 heavy (non-hydrogen) atoms. The van der Waals surface area contributed by atoms with E-state index >= 15 is 0 Å². The molecule has 1 aliphatic heterocycles. The van der Waals surface area contributed by atoms with Crippen LogP contribution in [0.2, 0.25) is 0 Å². The number of hydrogen-bond donors (Lipinski definition) is 2. The van der Waals surface area contributed by atoms with Crippen molar-refractivity contribution in [1.29, 1.82) is 0 Å². The van der Waals surface area contributed by atoms with Gasteiger partial charge in [0.15, 0.2) is 5.69 Å². The van der Waals surface area contributed by atoms with Gasteiger partial charge in [-0.25, -0.2) is 4.68 Å². The zero-order valence-corrected chi connectivity index (χ0v) is 11.4. The summed E-state index contributed by atoms with van der Waals surface area (Å²) in [6, 6.07) is 0.349. The first-order valence-electron chi connectivity index (χ1n) is 6.66. The summed E-state index contributed by atoms with van der Waals surface area (Å²) in [6.45, 7) is 1.32. The number of carbonyl (C=O) groups is 2. The highest BCUT2D eigenvalue weighted by molar-refractivity contribution is 5.91. The van der Waals surface area contributed by atoms with Gasteiger partial charge in [-0.1, -0.05) is 11.6 Å². The maximum absolute atomic E-state index is 11.9. The monoisotopic (exact) mass is 281 g/mol. The highest BCUT2D eigenvalue weighted by Gasteiger charge is 2.20. The SMILES string of the molecule is CN1CCCCC1CNC(=O)c1cn(CC(=O)O)nn1. The van der Waals surface area contributed by atoms with Crippen LogP contribution < -0.4 is 5.32 Å². The van der Waals surface area contributed by atoms with E-state index < -0.39 is 5.97 Å². The smallest absolute Gasteiger partial charge is 0.325 e. The lowest BCUT2D eigenvalue weighted by Crippen LogP contribution is -2.44. The number of likely N-dealkylation sites (N-methyl/N-ethyl adjacent to an activating group) is 1. The van der Waals surface area contributed by atoms with Crippen molar-refractivity contribution in [3.63, 3.8) is 0 Å². The minimum atomic E-state index is -1.02. The molecule has 0 aliphatic carbocycles. The summed E-state index contributed by atoms with van der Waals surface area (Å²) in [5.74, 6) is -1.34. The molecule has 1 unspecified atom stereocenters. The summed E-state index contributed by atoms with van der Waals surface area (Å²) in [6.07, 6.45) is 4.79. The second-order valence-electron chi connectivity index (χ2n) is 5.04. The Bertz CT molecular complexity index is 487. The van der Waals surface area contributed by atoms with Crippen molar-refractivity contribution in [3.05, 3.63) is 11.9 Å². The average molecular weight is 281 g/mol. The lowest BCUT2D eigenvalue weighted by atomic mass is 10.0. The molecule has 8 nitrogen and oxygen atoms in total. The van der Waals surface area contributed by atoms with Crippen LogP contribution in [0, 0.1) is 0 Å². The number of carboxylic acid groups (broad SMARTS) is 1. The van der Waals surface area contributed by atoms with Crippen molar-refractivity contribution >= 4 is 11.9 Å². The highest BCUT2D eigenvalue weighted by atomic mass is 16.4. The summed E-state index contributed by atoms with van der Waals surface area (Å²) < 4.78 is 1.13. The van der Waals surface area contributed by atoms with Crippen LogP contribution >= 0.6 is 0 Å². The van der Waals surface area contributed by atoms with E-state index in [1.165, 1.54) is 19.0 Å². The molecule has 0 saturated carbocycles. The molecular formula is C12H19N5O3. The van der Waals surface area contributed by atoms with Gasteiger partial charge in [-0.05, 0) is 26.4 Å². The molecule has 110 valence electrons. The first-order valence-corrected chi connectivity index (χ1v) is 6.66. The largest absolute Gasteiger partial charge is 0.480 e. The lowest BCUT2D eigenvalue weighted by Gasteiger charge is -2.32. The van der Waals surface area contributed by atoms with Gasteiger partial charge >= 0.3 is 5.97 Å². The van der Waals surface area contributed by atoms with Crippen molar-refractivity contribution in [2.75, 3.05) is 20.1 Å². The number of aromatic nitrogens is 3. The van der Waals surface area contributed by atoms with Crippen molar-refractivity contribution in [2.24, 2.45) is 0 Å². The van der Waals surface area contributed by atoms with E-state index in [9.17, 15) is 9.59 Å². The predicted octanol–water partition coefficient (Wildman–Crippen LogP) is -0.423. The number of hydrogen-bond acceptors (Lipinski definition) is 5. The van der Waals surface area contributed by atoms with E-state index in [2.05, 4.69) is 27.6 Å². The first-order chi connectivity index (χ1) is 9.56. The molecule has 1 fully saturated rings. The van der Waals surface area contributed by atoms with Crippen LogP contribution in [0.3, 0.4) is 0 Å². The molecule has 1 aliphatic rings. The zero-order chi connectivity index (χ0) is 14.5. The van der Waals surface area contributed by atoms with Crippen molar-refractivity contribution in [3.8, 4) is 0 Å². The Labute approximate surface area is 116 Å². The summed E-state index contributed by atoms with van der Waals surface area (Å²) in [4.78, 5) is 24.7. The Morgan fingerprint density at radius 2 is 2.30 bits per heavy atom. The Morgan fingerprint density at radius 1 is 1.50 bits per heavy atom. The van der Waals surface area contributed by atoms with Crippen molar-refractivity contribution in [1.82, 2.24) is 25.2 Å². The molecular weight excluding hydrogens is 262 g/mol. The van der Waals surface area contributed by atoms with E-state index in [1.54, 1.807) is 0 Å². The minimum absolute atomic E-state index is 0.143. The summed E-state index contributed by atoms with van der Waals surface area (Å²) in [5.41, 5.74) is 0.143. The molecule has 0 spiro atoms. The van der Waals surface area contributed by atoms with E-state index in [1.807, 2.05) is 0 Å². The van der Waals surface area contributed by atoms with Crippen LogP contribution in [0.25, 0.3) is 0 Å². The molecule has 0 radical (unpaired) electrons. The third kappa shape index (κ3) is 3.77. The highest BCUT2D eigenvalue weighted by Crippen LogP contribution is 2.14. The Hall–Kier alpha value is -1.96. The molecule has 0 bridgehead atoms. The maximum atomic E-state index is 11.9. The predicted molar refractivity (Wildman–Crippen MR) is 70.3 cm³/mol. The second kappa shape index (κ2) is 6.47. The molecule has 2 rings (SSSR count). The third-order valence-corrected chi connectivity index (χ3v) is 3.49. The number of rotatable bonds is 5. The maximum Gasteiger partial charge on any atom is 0.325 e. The molecule has 1 aromatic rings. The Balaban J connectivity index is 1.85. The van der Waals surface area contributed by atoms with Gasteiger partial charge in [0.25, 0.3) is 5.91 Å². The molecule has 1 amide bonds. The molecule has 8 heteroatoms. The van der Waals surface area contributed by atoms with E-state index in [0.717, 1.165) is 17.6 Å². The van der Waals surface area contributed by atoms with Gasteiger partial charge in [0, 0.05) is 12.6 Å².